The molecule has 8 nitrogen and oxygen atoms in total. The molecule has 1 atom stereocenters. The molecule has 0 spiro atoms. The monoisotopic (exact) mass is 613 g/mol. The van der Waals surface area contributed by atoms with Gasteiger partial charge in [0.2, 0.25) is 11.8 Å². The van der Waals surface area contributed by atoms with Gasteiger partial charge in [-0.3, -0.25) is 13.9 Å². The Morgan fingerprint density at radius 3 is 1.89 bits per heavy atom. The largest absolute Gasteiger partial charge is 0.457 e. The molecule has 0 saturated heterocycles. The van der Waals surface area contributed by atoms with Crippen molar-refractivity contribution in [2.24, 2.45) is 0 Å². The third-order valence-electron chi connectivity index (χ3n) is 7.01. The average Bonchev–Trinajstić information content (AvgIpc) is 3.03. The predicted octanol–water partition coefficient (Wildman–Crippen LogP) is 6.05. The van der Waals surface area contributed by atoms with E-state index in [4.69, 9.17) is 4.74 Å². The maximum atomic E-state index is 14.1. The third kappa shape index (κ3) is 8.48. The minimum Gasteiger partial charge on any atom is -0.457 e. The quantitative estimate of drug-likeness (QED) is 0.187. The maximum absolute atomic E-state index is 14.1. The highest BCUT2D eigenvalue weighted by Crippen LogP contribution is 2.28. The molecule has 230 valence electrons. The van der Waals surface area contributed by atoms with Crippen molar-refractivity contribution in [3.8, 4) is 11.5 Å². The van der Waals surface area contributed by atoms with Crippen molar-refractivity contribution in [1.82, 2.24) is 10.2 Å². The highest BCUT2D eigenvalue weighted by atomic mass is 32.2. The average molecular weight is 614 g/mol. The summed E-state index contributed by atoms with van der Waals surface area (Å²) in [4.78, 5) is 29.0. The van der Waals surface area contributed by atoms with E-state index in [0.717, 1.165) is 9.87 Å². The second kappa shape index (κ2) is 15.2. The number of nitrogens with one attached hydrogen (secondary N) is 1. The fourth-order valence-corrected chi connectivity index (χ4v) is 6.27. The molecule has 0 saturated carbocycles. The summed E-state index contributed by atoms with van der Waals surface area (Å²) in [6.45, 7) is 5.32. The number of hydrogen-bond acceptors (Lipinski definition) is 5. The van der Waals surface area contributed by atoms with Crippen LogP contribution < -0.4 is 14.4 Å². The van der Waals surface area contributed by atoms with E-state index in [0.29, 0.717) is 30.0 Å². The Morgan fingerprint density at radius 2 is 1.32 bits per heavy atom. The highest BCUT2D eigenvalue weighted by Gasteiger charge is 2.33. The van der Waals surface area contributed by atoms with Crippen molar-refractivity contribution in [3.63, 3.8) is 0 Å². The molecular weight excluding hydrogens is 574 g/mol. The zero-order valence-electron chi connectivity index (χ0n) is 25.3. The fraction of sp³-hybridized carbons (Fsp3) is 0.257. The highest BCUT2D eigenvalue weighted by molar-refractivity contribution is 7.92. The first-order valence-electron chi connectivity index (χ1n) is 14.7. The summed E-state index contributed by atoms with van der Waals surface area (Å²) >= 11 is 0. The van der Waals surface area contributed by atoms with Gasteiger partial charge in [-0.2, -0.15) is 0 Å². The molecule has 0 heterocycles. The summed E-state index contributed by atoms with van der Waals surface area (Å²) in [5.41, 5.74) is 1.30. The molecule has 0 radical (unpaired) electrons. The Labute approximate surface area is 260 Å². The van der Waals surface area contributed by atoms with Crippen LogP contribution in [0, 0.1) is 0 Å². The number of anilines is 1. The number of amides is 2. The van der Waals surface area contributed by atoms with Crippen molar-refractivity contribution in [2.45, 2.75) is 50.6 Å². The van der Waals surface area contributed by atoms with E-state index < -0.39 is 28.5 Å². The lowest BCUT2D eigenvalue weighted by atomic mass is 10.1. The van der Waals surface area contributed by atoms with Gasteiger partial charge in [0.15, 0.2) is 0 Å². The zero-order valence-corrected chi connectivity index (χ0v) is 26.1. The van der Waals surface area contributed by atoms with Gasteiger partial charge in [-0.15, -0.1) is 0 Å². The van der Waals surface area contributed by atoms with Crippen molar-refractivity contribution in [3.05, 3.63) is 121 Å². The Bertz CT molecular complexity index is 1600. The Balaban J connectivity index is 1.68. The molecule has 4 aromatic carbocycles. The number of carbonyl (C=O) groups excluding carboxylic acids is 2. The summed E-state index contributed by atoms with van der Waals surface area (Å²) in [5.74, 6) is 0.410. The second-order valence-corrected chi connectivity index (χ2v) is 12.5. The molecule has 0 aliphatic carbocycles. The van der Waals surface area contributed by atoms with Crippen LogP contribution in [-0.4, -0.2) is 50.3 Å². The van der Waals surface area contributed by atoms with E-state index in [2.05, 4.69) is 5.32 Å². The summed E-state index contributed by atoms with van der Waals surface area (Å²) in [6.07, 6.45) is 0.880. The SMILES string of the molecule is CCC(C(=O)NC(C)C)N(CCc1ccccc1)C(=O)CN(c1ccc(Oc2ccccc2)cc1)S(=O)(=O)c1ccccc1. The number of benzene rings is 4. The molecule has 0 aromatic heterocycles. The molecule has 0 bridgehead atoms. The predicted molar refractivity (Wildman–Crippen MR) is 173 cm³/mol. The fourth-order valence-electron chi connectivity index (χ4n) is 4.83. The molecule has 0 aliphatic heterocycles. The van der Waals surface area contributed by atoms with Crippen LogP contribution in [0.3, 0.4) is 0 Å². The van der Waals surface area contributed by atoms with Crippen LogP contribution in [0.15, 0.2) is 120 Å². The van der Waals surface area contributed by atoms with Crippen molar-refractivity contribution in [1.29, 1.82) is 0 Å². The van der Waals surface area contributed by atoms with Gasteiger partial charge in [-0.25, -0.2) is 8.42 Å². The summed E-state index contributed by atoms with van der Waals surface area (Å²) in [7, 11) is -4.15. The van der Waals surface area contributed by atoms with Crippen molar-refractivity contribution >= 4 is 27.5 Å². The van der Waals surface area contributed by atoms with E-state index >= 15 is 0 Å². The van der Waals surface area contributed by atoms with Crippen LogP contribution in [0.5, 0.6) is 11.5 Å². The lowest BCUT2D eigenvalue weighted by Crippen LogP contribution is -2.54. The molecule has 1 unspecified atom stereocenters. The zero-order chi connectivity index (χ0) is 31.5. The van der Waals surface area contributed by atoms with E-state index in [9.17, 15) is 18.0 Å². The summed E-state index contributed by atoms with van der Waals surface area (Å²) in [5, 5.41) is 2.92. The molecule has 0 fully saturated rings. The summed E-state index contributed by atoms with van der Waals surface area (Å²) in [6, 6.07) is 32.6. The topological polar surface area (TPSA) is 96.0 Å². The lowest BCUT2D eigenvalue weighted by molar-refractivity contribution is -0.139. The number of para-hydroxylation sites is 1. The van der Waals surface area contributed by atoms with Crippen LogP contribution in [0.2, 0.25) is 0 Å². The number of rotatable bonds is 14. The van der Waals surface area contributed by atoms with Gasteiger partial charge in [-0.05, 0) is 80.8 Å². The van der Waals surface area contributed by atoms with E-state index in [-0.39, 0.29) is 23.4 Å². The van der Waals surface area contributed by atoms with Crippen LogP contribution in [0.1, 0.15) is 32.8 Å². The van der Waals surface area contributed by atoms with Crippen molar-refractivity contribution < 1.29 is 22.7 Å². The number of carbonyl (C=O) groups is 2. The van der Waals surface area contributed by atoms with Gasteiger partial charge in [0.25, 0.3) is 10.0 Å². The minimum absolute atomic E-state index is 0.0536. The molecular formula is C35H39N3O5S. The van der Waals surface area contributed by atoms with Crippen molar-refractivity contribution in [2.75, 3.05) is 17.4 Å². The first kappa shape index (κ1) is 32.3. The van der Waals surface area contributed by atoms with E-state index in [1.54, 1.807) is 42.5 Å². The van der Waals surface area contributed by atoms with Crippen LogP contribution >= 0.6 is 0 Å². The lowest BCUT2D eigenvalue weighted by Gasteiger charge is -2.33. The summed E-state index contributed by atoms with van der Waals surface area (Å²) < 4.78 is 35.0. The van der Waals surface area contributed by atoms with Crippen LogP contribution in [0.4, 0.5) is 5.69 Å². The van der Waals surface area contributed by atoms with Gasteiger partial charge in [-0.1, -0.05) is 73.7 Å². The maximum Gasteiger partial charge on any atom is 0.264 e. The van der Waals surface area contributed by atoms with Crippen LogP contribution in [0.25, 0.3) is 0 Å². The molecule has 9 heteroatoms. The van der Waals surface area contributed by atoms with Crippen LogP contribution in [-0.2, 0) is 26.0 Å². The van der Waals surface area contributed by atoms with Gasteiger partial charge < -0.3 is 15.0 Å². The number of nitrogens with zero attached hydrogens (tertiary/aromatic N) is 2. The molecule has 4 rings (SSSR count). The number of ether oxygens (including phenoxy) is 1. The van der Waals surface area contributed by atoms with E-state index in [1.165, 1.54) is 17.0 Å². The molecule has 4 aromatic rings. The van der Waals surface area contributed by atoms with E-state index in [1.807, 2.05) is 81.4 Å². The first-order chi connectivity index (χ1) is 21.2. The molecule has 1 N–H and O–H groups in total. The first-order valence-corrected chi connectivity index (χ1v) is 16.2. The Morgan fingerprint density at radius 1 is 0.773 bits per heavy atom. The minimum atomic E-state index is -4.15. The second-order valence-electron chi connectivity index (χ2n) is 10.6. The molecule has 2 amide bonds. The number of sulfonamides is 1. The number of hydrogen-bond donors (Lipinski definition) is 1. The smallest absolute Gasteiger partial charge is 0.264 e. The third-order valence-corrected chi connectivity index (χ3v) is 8.80. The standard InChI is InChI=1S/C35H39N3O5S/c1-4-33(35(40)36-27(2)3)37(25-24-28-14-8-5-9-15-28)34(39)26-38(44(41,42)32-18-12-7-13-19-32)29-20-22-31(23-21-29)43-30-16-10-6-11-17-30/h5-23,27,33H,4,24-26H2,1-3H3,(H,36,40). The molecule has 44 heavy (non-hydrogen) atoms. The Kier molecular flexibility index (Phi) is 11.2. The van der Waals surface area contributed by atoms with Gasteiger partial charge >= 0.3 is 0 Å². The van der Waals surface area contributed by atoms with Gasteiger partial charge in [0.05, 0.1) is 10.6 Å². The Hall–Kier alpha value is -4.63. The van der Waals surface area contributed by atoms with Gasteiger partial charge in [0, 0.05) is 12.6 Å². The van der Waals surface area contributed by atoms with Gasteiger partial charge in [0.1, 0.15) is 24.1 Å². The molecule has 0 aliphatic rings. The normalized spacial score (nSPS) is 11.9.